The topological polar surface area (TPSA) is 78.5 Å². The number of aryl methyl sites for hydroxylation is 1. The fourth-order valence-electron chi connectivity index (χ4n) is 2.62. The molecule has 0 aliphatic rings. The number of carbonyl (C=O) groups is 2. The Morgan fingerprint density at radius 3 is 2.14 bits per heavy atom. The lowest BCUT2D eigenvalue weighted by Gasteiger charge is -2.24. The Labute approximate surface area is 160 Å². The molecule has 0 heterocycles. The minimum atomic E-state index is -4.81. The van der Waals surface area contributed by atoms with Crippen LogP contribution in [0.25, 0.3) is 0 Å². The van der Waals surface area contributed by atoms with Crippen molar-refractivity contribution in [1.82, 2.24) is 0 Å². The van der Waals surface area contributed by atoms with Crippen LogP contribution >= 0.6 is 0 Å². The van der Waals surface area contributed by atoms with Gasteiger partial charge in [-0.05, 0) is 43.2 Å². The number of nitrogens with one attached hydrogen (secondary N) is 1. The molecule has 150 valence electrons. The van der Waals surface area contributed by atoms with Crippen LogP contribution in [-0.4, -0.2) is 18.2 Å². The van der Waals surface area contributed by atoms with Gasteiger partial charge in [-0.1, -0.05) is 36.8 Å². The summed E-state index contributed by atoms with van der Waals surface area (Å²) in [5, 5.41) is 14.0. The number of hydrogen-bond acceptors (Lipinski definition) is 4. The minimum absolute atomic E-state index is 0.121. The van der Waals surface area contributed by atoms with E-state index in [0.717, 1.165) is 23.3 Å². The van der Waals surface area contributed by atoms with E-state index in [2.05, 4.69) is 10.1 Å². The highest BCUT2D eigenvalue weighted by Crippen LogP contribution is 2.25. The molecule has 8 heteroatoms. The predicted molar refractivity (Wildman–Crippen MR) is 94.3 cm³/mol. The number of benzene rings is 2. The van der Waals surface area contributed by atoms with Crippen molar-refractivity contribution in [2.45, 2.75) is 26.6 Å². The number of hydrogen-bond donors (Lipinski definition) is 1. The van der Waals surface area contributed by atoms with Crippen molar-refractivity contribution in [3.63, 3.8) is 0 Å². The second kappa shape index (κ2) is 8.77. The number of carbonyl (C=O) groups excluding carboxylic acids is 2. The molecule has 0 unspecified atom stereocenters. The Kier molecular flexibility index (Phi) is 6.66. The van der Waals surface area contributed by atoms with Gasteiger partial charge in [0.1, 0.15) is 5.75 Å². The molecule has 0 saturated carbocycles. The number of anilines is 1. The van der Waals surface area contributed by atoms with Crippen molar-refractivity contribution in [1.29, 1.82) is 0 Å². The van der Waals surface area contributed by atoms with Crippen LogP contribution in [0.4, 0.5) is 18.9 Å². The summed E-state index contributed by atoms with van der Waals surface area (Å²) < 4.78 is 40.3. The summed E-state index contributed by atoms with van der Waals surface area (Å²) in [5.74, 6) is -4.33. The van der Waals surface area contributed by atoms with Crippen LogP contribution in [-0.2, 0) is 16.0 Å². The second-order valence-electron chi connectivity index (χ2n) is 6.47. The summed E-state index contributed by atoms with van der Waals surface area (Å²) >= 11 is 0. The van der Waals surface area contributed by atoms with E-state index in [1.54, 1.807) is 12.1 Å². The van der Waals surface area contributed by atoms with Crippen molar-refractivity contribution >= 4 is 17.6 Å². The van der Waals surface area contributed by atoms with Gasteiger partial charge >= 0.3 is 6.36 Å². The number of carboxylic acids is 1. The molecule has 2 atom stereocenters. The van der Waals surface area contributed by atoms with Crippen LogP contribution in [0.1, 0.15) is 18.1 Å². The summed E-state index contributed by atoms with van der Waals surface area (Å²) in [6, 6.07) is 11.8. The van der Waals surface area contributed by atoms with Gasteiger partial charge in [-0.25, -0.2) is 0 Å². The predicted octanol–water partition coefficient (Wildman–Crippen LogP) is 3.08. The van der Waals surface area contributed by atoms with Gasteiger partial charge in [0.15, 0.2) is 0 Å². The molecular formula is C20H19F3NO4-. The van der Waals surface area contributed by atoms with E-state index in [4.69, 9.17) is 0 Å². The first-order valence-corrected chi connectivity index (χ1v) is 8.48. The molecule has 1 N–H and O–H groups in total. The van der Waals surface area contributed by atoms with Gasteiger partial charge in [0.25, 0.3) is 0 Å². The molecule has 0 aromatic heterocycles. The zero-order valence-electron chi connectivity index (χ0n) is 15.2. The van der Waals surface area contributed by atoms with Gasteiger partial charge in [0.2, 0.25) is 5.91 Å². The first-order chi connectivity index (χ1) is 13.0. The van der Waals surface area contributed by atoms with Crippen molar-refractivity contribution in [3.05, 3.63) is 59.7 Å². The first kappa shape index (κ1) is 21.3. The van der Waals surface area contributed by atoms with Crippen LogP contribution in [0.3, 0.4) is 0 Å². The van der Waals surface area contributed by atoms with Crippen molar-refractivity contribution in [2.24, 2.45) is 11.8 Å². The number of alkyl halides is 3. The Hall–Kier alpha value is -3.03. The third-order valence-electron chi connectivity index (χ3n) is 4.25. The van der Waals surface area contributed by atoms with Crippen LogP contribution < -0.4 is 15.2 Å². The fraction of sp³-hybridized carbons (Fsp3) is 0.300. The zero-order chi connectivity index (χ0) is 20.9. The summed E-state index contributed by atoms with van der Waals surface area (Å²) in [5.41, 5.74) is 2.00. The number of rotatable bonds is 7. The van der Waals surface area contributed by atoms with E-state index in [9.17, 15) is 27.9 Å². The van der Waals surface area contributed by atoms with E-state index < -0.39 is 35.8 Å². The molecule has 0 radical (unpaired) electrons. The Balaban J connectivity index is 2.04. The average molecular weight is 394 g/mol. The third-order valence-corrected chi connectivity index (χ3v) is 4.25. The van der Waals surface area contributed by atoms with Crippen LogP contribution in [0, 0.1) is 18.8 Å². The van der Waals surface area contributed by atoms with Crippen LogP contribution in [0.5, 0.6) is 5.75 Å². The number of amides is 1. The van der Waals surface area contributed by atoms with Crippen LogP contribution in [0.2, 0.25) is 0 Å². The summed E-state index contributed by atoms with van der Waals surface area (Å²) in [4.78, 5) is 23.9. The maximum absolute atomic E-state index is 12.4. The quantitative estimate of drug-likeness (QED) is 0.783. The molecule has 1 amide bonds. The van der Waals surface area contributed by atoms with Gasteiger partial charge in [0.05, 0.1) is 0 Å². The molecule has 2 aromatic carbocycles. The Morgan fingerprint density at radius 1 is 1.07 bits per heavy atom. The Morgan fingerprint density at radius 2 is 1.64 bits per heavy atom. The maximum Gasteiger partial charge on any atom is 0.573 e. The van der Waals surface area contributed by atoms with Gasteiger partial charge in [0, 0.05) is 23.5 Å². The first-order valence-electron chi connectivity index (χ1n) is 8.48. The summed E-state index contributed by atoms with van der Waals surface area (Å²) in [6.45, 7) is 3.37. The lowest BCUT2D eigenvalue weighted by molar-refractivity contribution is -0.312. The normalized spacial score (nSPS) is 13.5. The summed E-state index contributed by atoms with van der Waals surface area (Å²) in [7, 11) is 0. The van der Waals surface area contributed by atoms with Crippen LogP contribution in [0.15, 0.2) is 48.5 Å². The molecule has 0 aliphatic heterocycles. The molecule has 28 heavy (non-hydrogen) atoms. The van der Waals surface area contributed by atoms with Crippen molar-refractivity contribution in [3.8, 4) is 5.75 Å². The lowest BCUT2D eigenvalue weighted by atomic mass is 9.87. The molecule has 0 aliphatic carbocycles. The number of halogens is 3. The van der Waals surface area contributed by atoms with Gasteiger partial charge in [-0.15, -0.1) is 13.2 Å². The molecule has 0 saturated heterocycles. The highest BCUT2D eigenvalue weighted by atomic mass is 19.4. The van der Waals surface area contributed by atoms with E-state index >= 15 is 0 Å². The molecule has 0 fully saturated rings. The van der Waals surface area contributed by atoms with Crippen molar-refractivity contribution < 1.29 is 32.6 Å². The molecule has 0 bridgehead atoms. The standard InChI is InChI=1S/C20H20F3NO4/c1-12-3-5-14(6-4-12)11-17(19(26)27)13(2)18(25)24-15-7-9-16(10-8-15)28-20(21,22)23/h3-10,13,17H,11H2,1-2H3,(H,24,25)(H,26,27)/p-1/t13-,17-/m0/s1. The number of aliphatic carboxylic acids is 1. The van der Waals surface area contributed by atoms with Crippen molar-refractivity contribution in [2.75, 3.05) is 5.32 Å². The molecular weight excluding hydrogens is 375 g/mol. The average Bonchev–Trinajstić information content (AvgIpc) is 2.60. The largest absolute Gasteiger partial charge is 0.573 e. The summed E-state index contributed by atoms with van der Waals surface area (Å²) in [6.07, 6.45) is -4.69. The molecule has 0 spiro atoms. The fourth-order valence-corrected chi connectivity index (χ4v) is 2.62. The minimum Gasteiger partial charge on any atom is -0.550 e. The number of ether oxygens (including phenoxy) is 1. The van der Waals surface area contributed by atoms with Gasteiger partial charge in [-0.2, -0.15) is 0 Å². The van der Waals surface area contributed by atoms with E-state index in [0.29, 0.717) is 0 Å². The van der Waals surface area contributed by atoms with Gasteiger partial charge < -0.3 is 20.0 Å². The third kappa shape index (κ3) is 6.29. The maximum atomic E-state index is 12.4. The zero-order valence-corrected chi connectivity index (χ0v) is 15.2. The molecule has 5 nitrogen and oxygen atoms in total. The highest BCUT2D eigenvalue weighted by Gasteiger charge is 2.31. The van der Waals surface area contributed by atoms with E-state index in [-0.39, 0.29) is 12.1 Å². The Bertz CT molecular complexity index is 817. The lowest BCUT2D eigenvalue weighted by Crippen LogP contribution is -2.40. The monoisotopic (exact) mass is 394 g/mol. The second-order valence-corrected chi connectivity index (χ2v) is 6.47. The van der Waals surface area contributed by atoms with Gasteiger partial charge in [-0.3, -0.25) is 4.79 Å². The van der Waals surface area contributed by atoms with E-state index in [1.807, 2.05) is 19.1 Å². The SMILES string of the molecule is Cc1ccc(C[C@H](C(=O)[O-])[C@H](C)C(=O)Nc2ccc(OC(F)(F)F)cc2)cc1. The van der Waals surface area contributed by atoms with E-state index in [1.165, 1.54) is 19.1 Å². The highest BCUT2D eigenvalue weighted by molar-refractivity contribution is 5.94. The molecule has 2 rings (SSSR count). The molecule has 2 aromatic rings. The smallest absolute Gasteiger partial charge is 0.550 e. The number of carboxylic acid groups (broad SMARTS) is 1.